The Kier molecular flexibility index (Phi) is 5.96. The molecule has 2 heterocycles. The Bertz CT molecular complexity index is 838. The predicted molar refractivity (Wildman–Crippen MR) is 110 cm³/mol. The van der Waals surface area contributed by atoms with Gasteiger partial charge in [0, 0.05) is 32.7 Å². The van der Waals surface area contributed by atoms with Crippen LogP contribution < -0.4 is 0 Å². The molecule has 2 aromatic rings. The van der Waals surface area contributed by atoms with Gasteiger partial charge in [-0.2, -0.15) is 0 Å². The maximum atomic E-state index is 11.8. The molecule has 0 spiro atoms. The van der Waals surface area contributed by atoms with Crippen molar-refractivity contribution in [3.8, 4) is 0 Å². The molecule has 0 saturated carbocycles. The first kappa shape index (κ1) is 20.0. The molecule has 6 nitrogen and oxygen atoms in total. The molecule has 2 saturated heterocycles. The number of aliphatic hydroxyl groups is 1. The molecule has 2 fully saturated rings. The Balaban J connectivity index is 1.59. The van der Waals surface area contributed by atoms with Gasteiger partial charge in [0.1, 0.15) is 5.60 Å². The van der Waals surface area contributed by atoms with Crippen LogP contribution in [0.15, 0.2) is 54.6 Å². The van der Waals surface area contributed by atoms with Crippen molar-refractivity contribution in [2.24, 2.45) is 0 Å². The number of hydrogen-bond acceptors (Lipinski definition) is 5. The molecule has 2 aromatic carbocycles. The monoisotopic (exact) mass is 396 g/mol. The number of likely N-dealkylation sites (tertiary alicyclic amines) is 1. The molecule has 0 unspecified atom stereocenters. The molecule has 2 aliphatic rings. The van der Waals surface area contributed by atoms with E-state index in [1.54, 1.807) is 12.1 Å². The minimum Gasteiger partial charge on any atom is -0.478 e. The van der Waals surface area contributed by atoms with E-state index in [0.29, 0.717) is 44.8 Å². The SMILES string of the molecule is O=C(O)c1ccccc1CN1CC[C@](O)(c2ccccc2)[C@H](N2CCOCC2)C1. The van der Waals surface area contributed by atoms with Gasteiger partial charge in [0.25, 0.3) is 0 Å². The van der Waals surface area contributed by atoms with Crippen LogP contribution in [-0.2, 0) is 16.9 Å². The van der Waals surface area contributed by atoms with Crippen LogP contribution in [0.2, 0.25) is 0 Å². The molecule has 2 aliphatic heterocycles. The average molecular weight is 396 g/mol. The Morgan fingerprint density at radius 1 is 1.03 bits per heavy atom. The van der Waals surface area contributed by atoms with Crippen LogP contribution in [0.25, 0.3) is 0 Å². The number of nitrogens with zero attached hydrogens (tertiary/aromatic N) is 2. The summed E-state index contributed by atoms with van der Waals surface area (Å²) in [5.41, 5.74) is 1.17. The molecule has 2 N–H and O–H groups in total. The van der Waals surface area contributed by atoms with E-state index in [0.717, 1.165) is 24.2 Å². The summed E-state index contributed by atoms with van der Waals surface area (Å²) in [6.07, 6.45) is 0.605. The number of morpholine rings is 1. The van der Waals surface area contributed by atoms with Gasteiger partial charge >= 0.3 is 5.97 Å². The van der Waals surface area contributed by atoms with Crippen molar-refractivity contribution < 1.29 is 19.7 Å². The highest BCUT2D eigenvalue weighted by atomic mass is 16.5. The molecule has 2 atom stereocenters. The van der Waals surface area contributed by atoms with Crippen molar-refractivity contribution in [2.45, 2.75) is 24.6 Å². The fourth-order valence-electron chi connectivity index (χ4n) is 4.60. The number of hydrogen-bond donors (Lipinski definition) is 2. The fourth-order valence-corrected chi connectivity index (χ4v) is 4.60. The second-order valence-electron chi connectivity index (χ2n) is 7.90. The number of rotatable bonds is 5. The maximum absolute atomic E-state index is 11.8. The molecule has 0 aromatic heterocycles. The zero-order valence-electron chi connectivity index (χ0n) is 16.5. The van der Waals surface area contributed by atoms with Crippen LogP contribution in [0.5, 0.6) is 0 Å². The zero-order valence-corrected chi connectivity index (χ0v) is 16.5. The van der Waals surface area contributed by atoms with Crippen LogP contribution in [0.3, 0.4) is 0 Å². The summed E-state index contributed by atoms with van der Waals surface area (Å²) in [7, 11) is 0. The smallest absolute Gasteiger partial charge is 0.336 e. The Morgan fingerprint density at radius 3 is 2.45 bits per heavy atom. The lowest BCUT2D eigenvalue weighted by atomic mass is 9.79. The van der Waals surface area contributed by atoms with Crippen molar-refractivity contribution in [3.05, 3.63) is 71.3 Å². The summed E-state index contributed by atoms with van der Waals surface area (Å²) in [6, 6.07) is 17.0. The van der Waals surface area contributed by atoms with E-state index >= 15 is 0 Å². The topological polar surface area (TPSA) is 73.2 Å². The summed E-state index contributed by atoms with van der Waals surface area (Å²) in [5, 5.41) is 21.3. The number of carbonyl (C=O) groups is 1. The predicted octanol–water partition coefficient (Wildman–Crippen LogP) is 2.18. The second-order valence-corrected chi connectivity index (χ2v) is 7.90. The molecule has 29 heavy (non-hydrogen) atoms. The molecule has 6 heteroatoms. The first-order valence-corrected chi connectivity index (χ1v) is 10.2. The van der Waals surface area contributed by atoms with Gasteiger partial charge in [0.15, 0.2) is 0 Å². The Morgan fingerprint density at radius 2 is 1.72 bits per heavy atom. The third-order valence-electron chi connectivity index (χ3n) is 6.19. The highest BCUT2D eigenvalue weighted by Gasteiger charge is 2.46. The van der Waals surface area contributed by atoms with Crippen molar-refractivity contribution in [1.82, 2.24) is 9.80 Å². The largest absolute Gasteiger partial charge is 0.478 e. The van der Waals surface area contributed by atoms with Crippen LogP contribution in [-0.4, -0.2) is 71.4 Å². The summed E-state index contributed by atoms with van der Waals surface area (Å²) < 4.78 is 5.53. The van der Waals surface area contributed by atoms with Crippen molar-refractivity contribution in [3.63, 3.8) is 0 Å². The lowest BCUT2D eigenvalue weighted by molar-refractivity contribution is -0.119. The van der Waals surface area contributed by atoms with E-state index in [1.165, 1.54) is 0 Å². The summed E-state index contributed by atoms with van der Waals surface area (Å²) >= 11 is 0. The van der Waals surface area contributed by atoms with Crippen LogP contribution in [0.4, 0.5) is 0 Å². The quantitative estimate of drug-likeness (QED) is 0.807. The fraction of sp³-hybridized carbons (Fsp3) is 0.435. The van der Waals surface area contributed by atoms with E-state index in [4.69, 9.17) is 4.74 Å². The summed E-state index contributed by atoms with van der Waals surface area (Å²) in [4.78, 5) is 16.2. The number of benzene rings is 2. The first-order valence-electron chi connectivity index (χ1n) is 10.2. The first-order chi connectivity index (χ1) is 14.1. The van der Waals surface area contributed by atoms with Gasteiger partial charge in [-0.3, -0.25) is 9.80 Å². The van der Waals surface area contributed by atoms with E-state index in [9.17, 15) is 15.0 Å². The van der Waals surface area contributed by atoms with Gasteiger partial charge in [-0.25, -0.2) is 4.79 Å². The molecule has 4 rings (SSSR count). The van der Waals surface area contributed by atoms with Gasteiger partial charge in [-0.1, -0.05) is 48.5 Å². The van der Waals surface area contributed by atoms with Gasteiger partial charge < -0.3 is 14.9 Å². The lowest BCUT2D eigenvalue weighted by Crippen LogP contribution is -2.62. The van der Waals surface area contributed by atoms with E-state index in [-0.39, 0.29) is 6.04 Å². The van der Waals surface area contributed by atoms with Crippen LogP contribution in [0.1, 0.15) is 27.9 Å². The normalized spacial score (nSPS) is 26.3. The summed E-state index contributed by atoms with van der Waals surface area (Å²) in [5.74, 6) is -0.900. The highest BCUT2D eigenvalue weighted by molar-refractivity contribution is 5.89. The van der Waals surface area contributed by atoms with E-state index in [2.05, 4.69) is 9.80 Å². The number of ether oxygens (including phenoxy) is 1. The molecular formula is C23H28N2O4. The van der Waals surface area contributed by atoms with Crippen molar-refractivity contribution in [1.29, 1.82) is 0 Å². The Hall–Kier alpha value is -2.25. The number of aromatic carboxylic acids is 1. The Labute approximate surface area is 171 Å². The van der Waals surface area contributed by atoms with Crippen LogP contribution in [0, 0.1) is 0 Å². The van der Waals surface area contributed by atoms with Gasteiger partial charge in [-0.05, 0) is 23.6 Å². The van der Waals surface area contributed by atoms with E-state index in [1.807, 2.05) is 42.5 Å². The standard InChI is InChI=1S/C23H28N2O4/c26-22(27)20-9-5-4-6-18(20)16-24-11-10-23(28,19-7-2-1-3-8-19)21(17-24)25-12-14-29-15-13-25/h1-9,21,28H,10-17H2,(H,26,27)/t21-,23+/m1/s1. The third kappa shape index (κ3) is 4.21. The minimum atomic E-state index is -0.929. The van der Waals surface area contributed by atoms with Crippen molar-refractivity contribution >= 4 is 5.97 Å². The van der Waals surface area contributed by atoms with Gasteiger partial charge in [0.05, 0.1) is 24.8 Å². The third-order valence-corrected chi connectivity index (χ3v) is 6.19. The number of carboxylic acid groups (broad SMARTS) is 1. The number of carboxylic acids is 1. The van der Waals surface area contributed by atoms with E-state index < -0.39 is 11.6 Å². The molecule has 0 radical (unpaired) electrons. The molecule has 0 amide bonds. The summed E-state index contributed by atoms with van der Waals surface area (Å²) in [6.45, 7) is 4.87. The molecular weight excluding hydrogens is 368 g/mol. The second kappa shape index (κ2) is 8.63. The zero-order chi connectivity index (χ0) is 20.3. The molecule has 154 valence electrons. The molecule has 0 aliphatic carbocycles. The van der Waals surface area contributed by atoms with Crippen LogP contribution >= 0.6 is 0 Å². The average Bonchev–Trinajstić information content (AvgIpc) is 2.76. The van der Waals surface area contributed by atoms with Crippen molar-refractivity contribution in [2.75, 3.05) is 39.4 Å². The van der Waals surface area contributed by atoms with Gasteiger partial charge in [-0.15, -0.1) is 0 Å². The highest BCUT2D eigenvalue weighted by Crippen LogP contribution is 2.37. The lowest BCUT2D eigenvalue weighted by Gasteiger charge is -2.50. The molecule has 0 bridgehead atoms. The minimum absolute atomic E-state index is 0.0699. The maximum Gasteiger partial charge on any atom is 0.336 e. The number of piperidine rings is 1. The van der Waals surface area contributed by atoms with Gasteiger partial charge in [0.2, 0.25) is 0 Å².